The first kappa shape index (κ1) is 23.7. The third-order valence-corrected chi connectivity index (χ3v) is 7.09. The third-order valence-electron chi connectivity index (χ3n) is 5.54. The van der Waals surface area contributed by atoms with Gasteiger partial charge in [-0.1, -0.05) is 12.1 Å². The summed E-state index contributed by atoms with van der Waals surface area (Å²) >= 11 is 1.31. The summed E-state index contributed by atoms with van der Waals surface area (Å²) in [5.74, 6) is -0.752. The lowest BCUT2D eigenvalue weighted by Gasteiger charge is -2.24. The molecule has 0 spiro atoms. The summed E-state index contributed by atoms with van der Waals surface area (Å²) in [6.45, 7) is 4.33. The van der Waals surface area contributed by atoms with Crippen LogP contribution in [0.25, 0.3) is 0 Å². The third kappa shape index (κ3) is 5.55. The lowest BCUT2D eigenvalue weighted by atomic mass is 10.1. The second-order valence-corrected chi connectivity index (χ2v) is 11.1. The van der Waals surface area contributed by atoms with Crippen molar-refractivity contribution in [2.75, 3.05) is 29.1 Å². The van der Waals surface area contributed by atoms with Gasteiger partial charge in [0.1, 0.15) is 5.69 Å². The van der Waals surface area contributed by atoms with Gasteiger partial charge in [-0.05, 0) is 61.7 Å². The maximum Gasteiger partial charge on any atom is 0.284 e. The van der Waals surface area contributed by atoms with Gasteiger partial charge < -0.3 is 9.80 Å². The highest BCUT2D eigenvalue weighted by Gasteiger charge is 2.23. The van der Waals surface area contributed by atoms with Crippen molar-refractivity contribution in [2.24, 2.45) is 0 Å². The van der Waals surface area contributed by atoms with Crippen LogP contribution in [0.4, 0.5) is 16.5 Å². The minimum atomic E-state index is -3.70. The van der Waals surface area contributed by atoms with Crippen molar-refractivity contribution in [3.8, 4) is 6.07 Å². The molecule has 0 radical (unpaired) electrons. The number of benzene rings is 2. The fraction of sp³-hybridized carbons (Fsp3) is 0.292. The second kappa shape index (κ2) is 9.83. The second-order valence-electron chi connectivity index (χ2n) is 8.21. The van der Waals surface area contributed by atoms with Gasteiger partial charge in [-0.25, -0.2) is 18.1 Å². The molecule has 34 heavy (non-hydrogen) atoms. The van der Waals surface area contributed by atoms with Crippen molar-refractivity contribution >= 4 is 43.8 Å². The van der Waals surface area contributed by atoms with E-state index in [0.717, 1.165) is 30.6 Å². The number of sulfonamides is 1. The number of nitriles is 1. The zero-order valence-corrected chi connectivity index (χ0v) is 20.6. The number of carbonyl (C=O) groups is 1. The lowest BCUT2D eigenvalue weighted by Crippen LogP contribution is -2.30. The van der Waals surface area contributed by atoms with Crippen molar-refractivity contribution < 1.29 is 13.2 Å². The molecule has 1 N–H and O–H groups in total. The molecule has 1 aliphatic heterocycles. The highest BCUT2D eigenvalue weighted by atomic mass is 32.2. The van der Waals surface area contributed by atoms with Gasteiger partial charge in [0.25, 0.3) is 5.91 Å². The summed E-state index contributed by atoms with van der Waals surface area (Å²) in [6.07, 6.45) is 3.32. The fourth-order valence-corrected chi connectivity index (χ4v) is 5.28. The standard InChI is InChI=1S/C24H25N5O3S2/c1-17-22(23(30)27-34(2,31)32)26-24(33-17)29(20-10-8-18(15-25)9-11-20)16-19-6-5-7-21(14-19)28-12-3-4-13-28/h5-11,14H,3-4,12-13,16H2,1-2H3,(H,27,30). The Kier molecular flexibility index (Phi) is 6.86. The molecule has 176 valence electrons. The number of amides is 1. The summed E-state index contributed by atoms with van der Waals surface area (Å²) < 4.78 is 25.1. The van der Waals surface area contributed by atoms with Crippen molar-refractivity contribution in [1.82, 2.24) is 9.71 Å². The monoisotopic (exact) mass is 495 g/mol. The predicted molar refractivity (Wildman–Crippen MR) is 134 cm³/mol. The molecule has 0 unspecified atom stereocenters. The highest BCUT2D eigenvalue weighted by Crippen LogP contribution is 2.34. The Balaban J connectivity index is 1.69. The fourth-order valence-electron chi connectivity index (χ4n) is 3.92. The summed E-state index contributed by atoms with van der Waals surface area (Å²) in [4.78, 5) is 21.9. The first-order valence-electron chi connectivity index (χ1n) is 10.8. The molecular formula is C24H25N5O3S2. The smallest absolute Gasteiger partial charge is 0.284 e. The predicted octanol–water partition coefficient (Wildman–Crippen LogP) is 3.95. The molecule has 1 aromatic heterocycles. The molecule has 2 aromatic carbocycles. The lowest BCUT2D eigenvalue weighted by molar-refractivity contribution is 0.0977. The summed E-state index contributed by atoms with van der Waals surface area (Å²) in [7, 11) is -3.70. The Morgan fingerprint density at radius 2 is 1.91 bits per heavy atom. The Labute approximate surface area is 203 Å². The van der Waals surface area contributed by atoms with Crippen molar-refractivity contribution in [3.63, 3.8) is 0 Å². The molecule has 2 heterocycles. The van der Waals surface area contributed by atoms with Gasteiger partial charge >= 0.3 is 0 Å². The minimum absolute atomic E-state index is 0.0786. The van der Waals surface area contributed by atoms with E-state index in [-0.39, 0.29) is 5.69 Å². The largest absolute Gasteiger partial charge is 0.372 e. The summed E-state index contributed by atoms with van der Waals surface area (Å²) in [5, 5.41) is 9.74. The minimum Gasteiger partial charge on any atom is -0.372 e. The van der Waals surface area contributed by atoms with Crippen LogP contribution in [0.1, 0.15) is 39.3 Å². The average molecular weight is 496 g/mol. The van der Waals surface area contributed by atoms with E-state index in [2.05, 4.69) is 28.1 Å². The Bertz CT molecular complexity index is 1340. The van der Waals surface area contributed by atoms with E-state index in [1.54, 1.807) is 19.1 Å². The van der Waals surface area contributed by atoms with E-state index in [1.807, 2.05) is 33.9 Å². The van der Waals surface area contributed by atoms with Gasteiger partial charge in [0, 0.05) is 29.3 Å². The molecule has 3 aromatic rings. The van der Waals surface area contributed by atoms with E-state index in [9.17, 15) is 18.5 Å². The molecule has 1 amide bonds. The summed E-state index contributed by atoms with van der Waals surface area (Å²) in [5.41, 5.74) is 3.69. The number of nitrogens with zero attached hydrogens (tertiary/aromatic N) is 4. The first-order valence-corrected chi connectivity index (χ1v) is 13.6. The number of rotatable bonds is 7. The molecule has 0 saturated carbocycles. The van der Waals surface area contributed by atoms with Crippen LogP contribution in [0.5, 0.6) is 0 Å². The number of aromatic nitrogens is 1. The topological polar surface area (TPSA) is 106 Å². The van der Waals surface area contributed by atoms with Crippen molar-refractivity contribution in [2.45, 2.75) is 26.3 Å². The highest BCUT2D eigenvalue weighted by molar-refractivity contribution is 7.89. The van der Waals surface area contributed by atoms with E-state index < -0.39 is 15.9 Å². The van der Waals surface area contributed by atoms with Gasteiger partial charge in [0.05, 0.1) is 24.4 Å². The molecule has 0 atom stereocenters. The van der Waals surface area contributed by atoms with Gasteiger partial charge in [-0.2, -0.15) is 5.26 Å². The van der Waals surface area contributed by atoms with Crippen LogP contribution in [-0.2, 0) is 16.6 Å². The Morgan fingerprint density at radius 3 is 2.56 bits per heavy atom. The number of nitrogens with one attached hydrogen (secondary N) is 1. The molecule has 0 aliphatic carbocycles. The van der Waals surface area contributed by atoms with Crippen LogP contribution in [0.3, 0.4) is 0 Å². The van der Waals surface area contributed by atoms with E-state index in [0.29, 0.717) is 22.1 Å². The maximum absolute atomic E-state index is 12.5. The van der Waals surface area contributed by atoms with Crippen LogP contribution in [0, 0.1) is 18.3 Å². The molecule has 8 nitrogen and oxygen atoms in total. The normalized spacial score (nSPS) is 13.5. The number of thiazole rings is 1. The van der Waals surface area contributed by atoms with E-state index in [4.69, 9.17) is 0 Å². The van der Waals surface area contributed by atoms with Crippen molar-refractivity contribution in [3.05, 3.63) is 70.2 Å². The maximum atomic E-state index is 12.5. The number of hydrogen-bond acceptors (Lipinski definition) is 8. The van der Waals surface area contributed by atoms with E-state index in [1.165, 1.54) is 29.9 Å². The van der Waals surface area contributed by atoms with Gasteiger partial charge in [-0.3, -0.25) is 4.79 Å². The summed E-state index contributed by atoms with van der Waals surface area (Å²) in [6, 6.07) is 17.7. The quantitative estimate of drug-likeness (QED) is 0.529. The van der Waals surface area contributed by atoms with Crippen LogP contribution in [-0.4, -0.2) is 38.7 Å². The molecule has 4 rings (SSSR count). The van der Waals surface area contributed by atoms with Crippen LogP contribution < -0.4 is 14.5 Å². The van der Waals surface area contributed by atoms with Crippen LogP contribution in [0.2, 0.25) is 0 Å². The van der Waals surface area contributed by atoms with Gasteiger partial charge in [0.15, 0.2) is 5.13 Å². The number of anilines is 3. The molecule has 1 aliphatic rings. The van der Waals surface area contributed by atoms with Gasteiger partial charge in [0.2, 0.25) is 10.0 Å². The SMILES string of the molecule is Cc1sc(N(Cc2cccc(N3CCCC3)c2)c2ccc(C#N)cc2)nc1C(=O)NS(C)(=O)=O. The number of carbonyl (C=O) groups excluding carboxylic acids is 1. The zero-order valence-electron chi connectivity index (χ0n) is 19.0. The molecule has 0 bridgehead atoms. The molecular weight excluding hydrogens is 470 g/mol. The number of aryl methyl sites for hydroxylation is 1. The van der Waals surface area contributed by atoms with Crippen molar-refractivity contribution in [1.29, 1.82) is 5.26 Å². The molecule has 1 saturated heterocycles. The van der Waals surface area contributed by atoms with E-state index >= 15 is 0 Å². The average Bonchev–Trinajstić information content (AvgIpc) is 3.47. The zero-order chi connectivity index (χ0) is 24.3. The first-order chi connectivity index (χ1) is 16.2. The molecule has 1 fully saturated rings. The van der Waals surface area contributed by atoms with Crippen LogP contribution in [0.15, 0.2) is 48.5 Å². The Hall–Kier alpha value is -3.42. The van der Waals surface area contributed by atoms with Gasteiger partial charge in [-0.15, -0.1) is 11.3 Å². The van der Waals surface area contributed by atoms with Crippen LogP contribution >= 0.6 is 11.3 Å². The molecule has 10 heteroatoms. The number of hydrogen-bond donors (Lipinski definition) is 1. The Morgan fingerprint density at radius 1 is 1.21 bits per heavy atom.